The predicted molar refractivity (Wildman–Crippen MR) is 120 cm³/mol. The van der Waals surface area contributed by atoms with E-state index in [2.05, 4.69) is 20.6 Å². The van der Waals surface area contributed by atoms with Crippen molar-refractivity contribution in [3.63, 3.8) is 0 Å². The van der Waals surface area contributed by atoms with Crippen LogP contribution in [0.1, 0.15) is 54.4 Å². The Balaban J connectivity index is 1.50. The van der Waals surface area contributed by atoms with Crippen molar-refractivity contribution in [2.45, 2.75) is 56.9 Å². The van der Waals surface area contributed by atoms with Crippen LogP contribution in [0.3, 0.4) is 0 Å². The Hall–Kier alpha value is -3.11. The number of amides is 2. The zero-order chi connectivity index (χ0) is 24.3. The van der Waals surface area contributed by atoms with Gasteiger partial charge in [0.2, 0.25) is 11.8 Å². The maximum absolute atomic E-state index is 14.0. The van der Waals surface area contributed by atoms with Gasteiger partial charge in [-0.3, -0.25) is 14.3 Å². The van der Waals surface area contributed by atoms with Crippen LogP contribution >= 0.6 is 0 Å². The number of carbonyl (C=O) groups excluding carboxylic acids is 2. The number of halogens is 2. The second kappa shape index (κ2) is 7.99. The highest BCUT2D eigenvalue weighted by atomic mass is 19.3. The summed E-state index contributed by atoms with van der Waals surface area (Å²) in [5.41, 5.74) is 7.26. The molecule has 0 spiro atoms. The molecule has 6 rings (SSSR count). The topological polar surface area (TPSA) is 119 Å². The molecule has 11 heteroatoms. The van der Waals surface area contributed by atoms with Crippen LogP contribution in [0.5, 0.6) is 0 Å². The fourth-order valence-corrected chi connectivity index (χ4v) is 5.87. The molecule has 0 radical (unpaired) electrons. The number of hydrogen-bond donors (Lipinski definition) is 2. The van der Waals surface area contributed by atoms with Gasteiger partial charge in [0.1, 0.15) is 0 Å². The van der Waals surface area contributed by atoms with E-state index in [4.69, 9.17) is 5.73 Å². The molecule has 3 heterocycles. The summed E-state index contributed by atoms with van der Waals surface area (Å²) >= 11 is 0. The van der Waals surface area contributed by atoms with Crippen LogP contribution < -0.4 is 16.0 Å². The van der Waals surface area contributed by atoms with Crippen molar-refractivity contribution in [3.8, 4) is 11.3 Å². The van der Waals surface area contributed by atoms with E-state index in [1.54, 1.807) is 35.9 Å². The third kappa shape index (κ3) is 3.90. The number of nitrogens with two attached hydrogens (primary N) is 1. The fraction of sp³-hybridized carbons (Fsp3) is 0.609. The van der Waals surface area contributed by atoms with E-state index < -0.39 is 11.5 Å². The Labute approximate surface area is 196 Å². The standard InChI is InChI=1S/C23H29F2N7O2/c1-13-17(21(34)28-22-8-14(9-22)16(10-22)19(26)33)20(32-6-3-4-23(24,25)5-7-32)30-29-18(13)15-11-27-31(2)12-15/h11-12,14,16H,3-10H2,1-2H3,(H2,26,33)(H,28,34). The van der Waals surface area contributed by atoms with Gasteiger partial charge >= 0.3 is 0 Å². The maximum Gasteiger partial charge on any atom is 0.255 e. The van der Waals surface area contributed by atoms with Crippen LogP contribution in [0.4, 0.5) is 14.6 Å². The Morgan fingerprint density at radius 2 is 1.94 bits per heavy atom. The van der Waals surface area contributed by atoms with Crippen LogP contribution in [0, 0.1) is 18.8 Å². The summed E-state index contributed by atoms with van der Waals surface area (Å²) in [6.45, 7) is 2.25. The van der Waals surface area contributed by atoms with Gasteiger partial charge in [-0.1, -0.05) is 0 Å². The zero-order valence-corrected chi connectivity index (χ0v) is 19.4. The fourth-order valence-electron chi connectivity index (χ4n) is 5.87. The lowest BCUT2D eigenvalue weighted by Crippen LogP contribution is -2.52. The van der Waals surface area contributed by atoms with Gasteiger partial charge in [-0.15, -0.1) is 10.2 Å². The monoisotopic (exact) mass is 473 g/mol. The number of nitrogens with zero attached hydrogens (tertiary/aromatic N) is 5. The van der Waals surface area contributed by atoms with Gasteiger partial charge in [0.15, 0.2) is 5.82 Å². The lowest BCUT2D eigenvalue weighted by Gasteiger charge is -2.39. The second-order valence-electron chi connectivity index (χ2n) is 10.1. The molecule has 1 unspecified atom stereocenters. The molecule has 182 valence electrons. The second-order valence-corrected chi connectivity index (χ2v) is 10.1. The first-order chi connectivity index (χ1) is 16.1. The molecule has 1 saturated heterocycles. The molecule has 3 N–H and O–H groups in total. The largest absolute Gasteiger partial charge is 0.369 e. The quantitative estimate of drug-likeness (QED) is 0.687. The molecule has 4 aliphatic rings. The van der Waals surface area contributed by atoms with Gasteiger partial charge in [-0.2, -0.15) is 5.10 Å². The predicted octanol–water partition coefficient (Wildman–Crippen LogP) is 2.19. The number of aromatic nitrogens is 4. The molecule has 9 nitrogen and oxygen atoms in total. The first-order valence-electron chi connectivity index (χ1n) is 11.7. The Morgan fingerprint density at radius 1 is 1.18 bits per heavy atom. The van der Waals surface area contributed by atoms with Gasteiger partial charge in [-0.25, -0.2) is 8.78 Å². The summed E-state index contributed by atoms with van der Waals surface area (Å²) in [6.07, 6.45) is 5.19. The molecular weight excluding hydrogens is 444 g/mol. The molecule has 3 aliphatic carbocycles. The molecule has 1 aliphatic heterocycles. The highest BCUT2D eigenvalue weighted by Crippen LogP contribution is 2.55. The Morgan fingerprint density at radius 3 is 2.59 bits per heavy atom. The van der Waals surface area contributed by atoms with Crippen LogP contribution in [-0.4, -0.2) is 56.3 Å². The van der Waals surface area contributed by atoms with E-state index in [9.17, 15) is 18.4 Å². The number of rotatable bonds is 5. The lowest BCUT2D eigenvalue weighted by atomic mass is 9.76. The summed E-state index contributed by atoms with van der Waals surface area (Å²) in [7, 11) is 1.78. The summed E-state index contributed by atoms with van der Waals surface area (Å²) in [5, 5.41) is 16.1. The molecule has 34 heavy (non-hydrogen) atoms. The van der Waals surface area contributed by atoms with E-state index in [0.717, 1.165) is 0 Å². The van der Waals surface area contributed by atoms with Gasteiger partial charge in [0.25, 0.3) is 5.91 Å². The summed E-state index contributed by atoms with van der Waals surface area (Å²) in [4.78, 5) is 27.2. The summed E-state index contributed by atoms with van der Waals surface area (Å²) in [6, 6.07) is 0. The van der Waals surface area contributed by atoms with Crippen LogP contribution in [0.15, 0.2) is 12.4 Å². The van der Waals surface area contributed by atoms with Crippen molar-refractivity contribution in [2.24, 2.45) is 24.6 Å². The van der Waals surface area contributed by atoms with Crippen LogP contribution in [-0.2, 0) is 11.8 Å². The minimum atomic E-state index is -2.73. The first-order valence-corrected chi connectivity index (χ1v) is 11.7. The Bertz CT molecular complexity index is 1140. The molecule has 0 aromatic carbocycles. The van der Waals surface area contributed by atoms with E-state index in [1.807, 2.05) is 0 Å². The van der Waals surface area contributed by atoms with Crippen LogP contribution in [0.25, 0.3) is 11.3 Å². The number of anilines is 1. The number of primary amides is 1. The molecule has 2 aromatic heterocycles. The van der Waals surface area contributed by atoms with Gasteiger partial charge in [-0.05, 0) is 44.1 Å². The first kappa shape index (κ1) is 22.7. The smallest absolute Gasteiger partial charge is 0.255 e. The van der Waals surface area contributed by atoms with Crippen molar-refractivity contribution < 1.29 is 18.4 Å². The molecule has 2 bridgehead atoms. The minimum absolute atomic E-state index is 0.0879. The van der Waals surface area contributed by atoms with Crippen molar-refractivity contribution in [3.05, 3.63) is 23.5 Å². The van der Waals surface area contributed by atoms with Gasteiger partial charge in [0, 0.05) is 56.2 Å². The maximum atomic E-state index is 14.0. The average Bonchev–Trinajstić information content (AvgIpc) is 3.39. The van der Waals surface area contributed by atoms with E-state index in [-0.39, 0.29) is 43.0 Å². The summed E-state index contributed by atoms with van der Waals surface area (Å²) in [5.74, 6) is -3.10. The number of nitrogens with one attached hydrogen (secondary N) is 1. The van der Waals surface area contributed by atoms with Crippen molar-refractivity contribution in [1.82, 2.24) is 25.3 Å². The van der Waals surface area contributed by atoms with Crippen LogP contribution in [0.2, 0.25) is 0 Å². The Kier molecular flexibility index (Phi) is 5.33. The number of fused-ring (bicyclic) bond motifs is 1. The highest BCUT2D eigenvalue weighted by molar-refractivity contribution is 6.02. The average molecular weight is 474 g/mol. The normalized spacial score (nSPS) is 27.7. The number of aryl methyl sites for hydroxylation is 1. The SMILES string of the molecule is Cc1c(-c2cnn(C)c2)nnc(N2CCCC(F)(F)CC2)c1C(=O)NC12CC(C1)C(C(N)=O)C2. The molecule has 2 amide bonds. The highest BCUT2D eigenvalue weighted by Gasteiger charge is 2.58. The number of alkyl halides is 2. The molecule has 1 atom stereocenters. The molecule has 4 fully saturated rings. The van der Waals surface area contributed by atoms with Crippen molar-refractivity contribution in [1.29, 1.82) is 0 Å². The van der Waals surface area contributed by atoms with Crippen molar-refractivity contribution >= 4 is 17.6 Å². The third-order valence-electron chi connectivity index (χ3n) is 7.65. The third-order valence-corrected chi connectivity index (χ3v) is 7.65. The number of hydrogen-bond acceptors (Lipinski definition) is 6. The lowest BCUT2D eigenvalue weighted by molar-refractivity contribution is -0.122. The van der Waals surface area contributed by atoms with E-state index in [1.165, 1.54) is 0 Å². The van der Waals surface area contributed by atoms with Crippen molar-refractivity contribution in [2.75, 3.05) is 18.0 Å². The number of carbonyl (C=O) groups is 2. The minimum Gasteiger partial charge on any atom is -0.369 e. The summed E-state index contributed by atoms with van der Waals surface area (Å²) < 4.78 is 29.7. The van der Waals surface area contributed by atoms with E-state index >= 15 is 0 Å². The van der Waals surface area contributed by atoms with E-state index in [0.29, 0.717) is 60.4 Å². The molecule has 3 saturated carbocycles. The molecular formula is C23H29F2N7O2. The van der Waals surface area contributed by atoms with Gasteiger partial charge in [0.05, 0.1) is 17.5 Å². The zero-order valence-electron chi connectivity index (χ0n) is 19.4. The van der Waals surface area contributed by atoms with Gasteiger partial charge < -0.3 is 16.0 Å². The molecule has 2 aromatic rings.